The van der Waals surface area contributed by atoms with E-state index in [2.05, 4.69) is 4.99 Å². The number of benzene rings is 1. The fourth-order valence-electron chi connectivity index (χ4n) is 2.41. The first-order valence-corrected chi connectivity index (χ1v) is 6.87. The molecule has 0 spiro atoms. The van der Waals surface area contributed by atoms with Crippen LogP contribution >= 0.6 is 0 Å². The first kappa shape index (κ1) is 14.6. The van der Waals surface area contributed by atoms with E-state index < -0.39 is 17.2 Å². The van der Waals surface area contributed by atoms with Gasteiger partial charge >= 0.3 is 5.97 Å². The zero-order chi connectivity index (χ0) is 14.8. The summed E-state index contributed by atoms with van der Waals surface area (Å²) in [7, 11) is 0. The molecule has 1 aliphatic rings. The lowest BCUT2D eigenvalue weighted by Gasteiger charge is -2.32. The Morgan fingerprint density at radius 2 is 2.00 bits per heavy atom. The van der Waals surface area contributed by atoms with E-state index in [1.54, 1.807) is 0 Å². The zero-order valence-corrected chi connectivity index (χ0v) is 12.4. The maximum atomic E-state index is 12.4. The number of hydrogen-bond donors (Lipinski definition) is 0. The van der Waals surface area contributed by atoms with Crippen LogP contribution in [0.15, 0.2) is 35.3 Å². The minimum absolute atomic E-state index is 0.350. The number of carbonyl (C=O) groups excluding carboxylic acids is 1. The predicted molar refractivity (Wildman–Crippen MR) is 77.6 cm³/mol. The van der Waals surface area contributed by atoms with Crippen molar-refractivity contribution in [1.29, 1.82) is 0 Å². The Kier molecular flexibility index (Phi) is 3.84. The molecule has 108 valence electrons. The summed E-state index contributed by atoms with van der Waals surface area (Å²) in [5, 5.41) is 0. The van der Waals surface area contributed by atoms with Crippen LogP contribution in [0.2, 0.25) is 0 Å². The number of nitrogens with zero attached hydrogens (tertiary/aromatic N) is 1. The minimum atomic E-state index is -0.760. The van der Waals surface area contributed by atoms with Gasteiger partial charge in [-0.15, -0.1) is 0 Å². The van der Waals surface area contributed by atoms with Crippen LogP contribution in [-0.4, -0.2) is 24.0 Å². The third kappa shape index (κ3) is 2.69. The Labute approximate surface area is 119 Å². The van der Waals surface area contributed by atoms with E-state index in [1.807, 2.05) is 58.0 Å². The van der Waals surface area contributed by atoms with Crippen molar-refractivity contribution in [2.24, 2.45) is 4.99 Å². The Morgan fingerprint density at radius 3 is 2.55 bits per heavy atom. The van der Waals surface area contributed by atoms with Crippen LogP contribution in [0.25, 0.3) is 0 Å². The van der Waals surface area contributed by atoms with Gasteiger partial charge in [0.25, 0.3) is 0 Å². The molecule has 1 aromatic carbocycles. The van der Waals surface area contributed by atoms with E-state index >= 15 is 0 Å². The lowest BCUT2D eigenvalue weighted by molar-refractivity contribution is -0.161. The first-order valence-electron chi connectivity index (χ1n) is 6.87. The van der Waals surface area contributed by atoms with Crippen molar-refractivity contribution < 1.29 is 14.3 Å². The van der Waals surface area contributed by atoms with Crippen LogP contribution in [0.4, 0.5) is 0 Å². The molecule has 0 radical (unpaired) electrons. The van der Waals surface area contributed by atoms with Crippen LogP contribution in [-0.2, 0) is 19.9 Å². The lowest BCUT2D eigenvalue weighted by Crippen LogP contribution is -2.44. The van der Waals surface area contributed by atoms with Crippen molar-refractivity contribution in [1.82, 2.24) is 0 Å². The Bertz CT molecular complexity index is 504. The average Bonchev–Trinajstić information content (AvgIpc) is 2.83. The van der Waals surface area contributed by atoms with Crippen LogP contribution in [0.3, 0.4) is 0 Å². The predicted octanol–water partition coefficient (Wildman–Crippen LogP) is 3.06. The van der Waals surface area contributed by atoms with Crippen molar-refractivity contribution in [3.63, 3.8) is 0 Å². The van der Waals surface area contributed by atoms with Crippen molar-refractivity contribution in [3.05, 3.63) is 35.9 Å². The van der Waals surface area contributed by atoms with Gasteiger partial charge in [-0.25, -0.2) is 9.79 Å². The van der Waals surface area contributed by atoms with E-state index in [9.17, 15) is 4.79 Å². The van der Waals surface area contributed by atoms with Crippen molar-refractivity contribution in [2.45, 2.75) is 51.4 Å². The molecular weight excluding hydrogens is 254 g/mol. The van der Waals surface area contributed by atoms with E-state index in [0.29, 0.717) is 6.42 Å². The van der Waals surface area contributed by atoms with Gasteiger partial charge in [0.2, 0.25) is 0 Å². The molecule has 1 aliphatic heterocycles. The fourth-order valence-corrected chi connectivity index (χ4v) is 2.41. The van der Waals surface area contributed by atoms with E-state index in [0.717, 1.165) is 5.56 Å². The smallest absolute Gasteiger partial charge is 0.336 e. The van der Waals surface area contributed by atoms with Crippen LogP contribution in [0.1, 0.15) is 39.7 Å². The van der Waals surface area contributed by atoms with Gasteiger partial charge < -0.3 is 9.47 Å². The summed E-state index contributed by atoms with van der Waals surface area (Å²) in [6.07, 6.45) is 2.01. The molecule has 0 saturated heterocycles. The average molecular weight is 275 g/mol. The second kappa shape index (κ2) is 5.27. The maximum Gasteiger partial charge on any atom is 0.336 e. The maximum absolute atomic E-state index is 12.4. The number of ether oxygens (including phenoxy) is 2. The summed E-state index contributed by atoms with van der Waals surface area (Å²) in [5.41, 5.74) is -0.356. The highest BCUT2D eigenvalue weighted by molar-refractivity contribution is 5.81. The number of aliphatic imine (C=N–C) groups is 1. The Morgan fingerprint density at radius 1 is 1.35 bits per heavy atom. The Balaban J connectivity index is 2.32. The van der Waals surface area contributed by atoms with E-state index in [1.165, 1.54) is 6.40 Å². The zero-order valence-electron chi connectivity index (χ0n) is 12.4. The van der Waals surface area contributed by atoms with Gasteiger partial charge in [0.15, 0.2) is 18.0 Å². The summed E-state index contributed by atoms with van der Waals surface area (Å²) in [4.78, 5) is 16.6. The number of hydrogen-bond acceptors (Lipinski definition) is 4. The number of rotatable bonds is 3. The summed E-state index contributed by atoms with van der Waals surface area (Å²) >= 11 is 0. The van der Waals surface area contributed by atoms with Gasteiger partial charge in [-0.3, -0.25) is 0 Å². The van der Waals surface area contributed by atoms with Gasteiger partial charge in [-0.1, -0.05) is 37.3 Å². The normalized spacial score (nSPS) is 25.3. The van der Waals surface area contributed by atoms with E-state index in [-0.39, 0.29) is 5.97 Å². The molecule has 0 N–H and O–H groups in total. The van der Waals surface area contributed by atoms with Gasteiger partial charge in [0.05, 0.1) is 0 Å². The highest BCUT2D eigenvalue weighted by Gasteiger charge is 2.49. The molecule has 4 nitrogen and oxygen atoms in total. The second-order valence-corrected chi connectivity index (χ2v) is 5.92. The summed E-state index contributed by atoms with van der Waals surface area (Å²) in [6, 6.07) is 9.05. The monoisotopic (exact) mass is 275 g/mol. The number of carbonyl (C=O) groups is 1. The lowest BCUT2D eigenvalue weighted by atomic mass is 9.84. The highest BCUT2D eigenvalue weighted by atomic mass is 16.6. The molecular formula is C16H21NO3. The summed E-state index contributed by atoms with van der Waals surface area (Å²) in [5.74, 6) is -0.350. The summed E-state index contributed by atoms with van der Waals surface area (Å²) < 4.78 is 11.2. The molecule has 0 amide bonds. The van der Waals surface area contributed by atoms with Gasteiger partial charge in [-0.2, -0.15) is 0 Å². The van der Waals surface area contributed by atoms with E-state index in [4.69, 9.17) is 9.47 Å². The summed E-state index contributed by atoms with van der Waals surface area (Å²) in [6.45, 7) is 7.53. The quantitative estimate of drug-likeness (QED) is 0.796. The molecule has 2 atom stereocenters. The van der Waals surface area contributed by atoms with Crippen molar-refractivity contribution >= 4 is 12.4 Å². The molecule has 0 aliphatic carbocycles. The van der Waals surface area contributed by atoms with Crippen LogP contribution in [0, 0.1) is 0 Å². The first-order chi connectivity index (χ1) is 9.39. The van der Waals surface area contributed by atoms with Gasteiger partial charge in [-0.05, 0) is 32.8 Å². The largest absolute Gasteiger partial charge is 0.470 e. The standard InChI is InChI=1S/C16H21NO3/c1-5-16(12-9-7-6-8-10-12)13(17-11-19-16)14(18)20-15(2,3)4/h6-11,13H,5H2,1-4H3/t13-,16-/m0/s1. The van der Waals surface area contributed by atoms with Crippen molar-refractivity contribution in [3.8, 4) is 0 Å². The minimum Gasteiger partial charge on any atom is -0.470 e. The molecule has 20 heavy (non-hydrogen) atoms. The number of esters is 1. The SMILES string of the molecule is CC[C@@]1(c2ccccc2)OC=N[C@H]1C(=O)OC(C)(C)C. The van der Waals surface area contributed by atoms with Crippen molar-refractivity contribution in [2.75, 3.05) is 0 Å². The molecule has 2 rings (SSSR count). The second-order valence-electron chi connectivity index (χ2n) is 5.92. The van der Waals surface area contributed by atoms with Crippen LogP contribution < -0.4 is 0 Å². The third-order valence-electron chi connectivity index (χ3n) is 3.33. The molecule has 0 bridgehead atoms. The topological polar surface area (TPSA) is 47.9 Å². The van der Waals surface area contributed by atoms with Gasteiger partial charge in [0.1, 0.15) is 5.60 Å². The van der Waals surface area contributed by atoms with Gasteiger partial charge in [0, 0.05) is 0 Å². The molecule has 0 fully saturated rings. The molecule has 0 saturated carbocycles. The third-order valence-corrected chi connectivity index (χ3v) is 3.33. The highest BCUT2D eigenvalue weighted by Crippen LogP contribution is 2.38. The van der Waals surface area contributed by atoms with Crippen LogP contribution in [0.5, 0.6) is 0 Å². The molecule has 1 heterocycles. The Hall–Kier alpha value is -1.84. The molecule has 0 aromatic heterocycles. The molecule has 1 aromatic rings. The fraction of sp³-hybridized carbons (Fsp3) is 0.500. The molecule has 4 heteroatoms. The molecule has 0 unspecified atom stereocenters.